The maximum Gasteiger partial charge on any atom is 0.573 e. The average molecular weight is 367 g/mol. The summed E-state index contributed by atoms with van der Waals surface area (Å²) < 4.78 is 46.0. The topological polar surface area (TPSA) is 63.7 Å². The highest BCUT2D eigenvalue weighted by molar-refractivity contribution is 5.89. The fourth-order valence-corrected chi connectivity index (χ4v) is 2.46. The van der Waals surface area contributed by atoms with Gasteiger partial charge < -0.3 is 19.7 Å². The van der Waals surface area contributed by atoms with Crippen LogP contribution in [-0.4, -0.2) is 42.0 Å². The summed E-state index contributed by atoms with van der Waals surface area (Å²) in [5.74, 6) is 0.0629. The number of benzene rings is 1. The van der Waals surface area contributed by atoms with Crippen LogP contribution in [0.25, 0.3) is 0 Å². The summed E-state index contributed by atoms with van der Waals surface area (Å²) in [6.45, 7) is 1.31. The van der Waals surface area contributed by atoms with Crippen molar-refractivity contribution in [2.45, 2.75) is 6.36 Å². The number of nitrogens with zero attached hydrogens (tertiary/aromatic N) is 2. The number of urea groups is 1. The number of aromatic nitrogens is 1. The number of carbonyl (C=O) groups is 1. The van der Waals surface area contributed by atoms with E-state index in [1.807, 2.05) is 0 Å². The van der Waals surface area contributed by atoms with Crippen LogP contribution in [0.5, 0.6) is 11.5 Å². The zero-order valence-corrected chi connectivity index (χ0v) is 13.6. The van der Waals surface area contributed by atoms with Crippen LogP contribution < -0.4 is 14.8 Å². The maximum absolute atomic E-state index is 12.2. The summed E-state index contributed by atoms with van der Waals surface area (Å²) >= 11 is 0. The van der Waals surface area contributed by atoms with Gasteiger partial charge in [-0.1, -0.05) is 6.07 Å². The van der Waals surface area contributed by atoms with Gasteiger partial charge in [-0.05, 0) is 24.3 Å². The van der Waals surface area contributed by atoms with Crippen molar-refractivity contribution in [2.24, 2.45) is 5.92 Å². The number of alkyl halides is 3. The standard InChI is InChI=1S/C17H16F3N3O3/c18-17(19,20)26-15-5-1-4-14(7-15)25-11-12-9-23(10-12)16(24)22-13-3-2-6-21-8-13/h1-8,12H,9-11H2,(H,22,24). The van der Waals surface area contributed by atoms with E-state index in [9.17, 15) is 18.0 Å². The Hall–Kier alpha value is -2.97. The molecule has 26 heavy (non-hydrogen) atoms. The molecule has 0 bridgehead atoms. The first-order chi connectivity index (χ1) is 12.4. The molecule has 1 aliphatic rings. The molecule has 1 aliphatic heterocycles. The zero-order chi connectivity index (χ0) is 18.6. The fraction of sp³-hybridized carbons (Fsp3) is 0.294. The van der Waals surface area contributed by atoms with Crippen molar-refractivity contribution in [3.05, 3.63) is 48.8 Å². The lowest BCUT2D eigenvalue weighted by molar-refractivity contribution is -0.274. The van der Waals surface area contributed by atoms with Gasteiger partial charge >= 0.3 is 12.4 Å². The van der Waals surface area contributed by atoms with Crippen LogP contribution in [-0.2, 0) is 0 Å². The van der Waals surface area contributed by atoms with E-state index in [-0.39, 0.29) is 23.4 Å². The molecule has 0 saturated carbocycles. The predicted octanol–water partition coefficient (Wildman–Crippen LogP) is 3.52. The van der Waals surface area contributed by atoms with E-state index in [0.29, 0.717) is 25.4 Å². The Kier molecular flexibility index (Phi) is 5.15. The van der Waals surface area contributed by atoms with Gasteiger partial charge in [0.25, 0.3) is 0 Å². The molecule has 0 unspecified atom stereocenters. The zero-order valence-electron chi connectivity index (χ0n) is 13.6. The molecule has 9 heteroatoms. The van der Waals surface area contributed by atoms with Crippen molar-refractivity contribution in [1.29, 1.82) is 0 Å². The molecule has 1 saturated heterocycles. The van der Waals surface area contributed by atoms with Crippen molar-refractivity contribution in [3.63, 3.8) is 0 Å². The number of anilines is 1. The molecule has 1 aromatic heterocycles. The summed E-state index contributed by atoms with van der Waals surface area (Å²) in [6, 6.07) is 8.59. The number of carbonyl (C=O) groups excluding carboxylic acids is 1. The number of pyridine rings is 1. The monoisotopic (exact) mass is 367 g/mol. The number of hydrogen-bond donors (Lipinski definition) is 1. The first kappa shape index (κ1) is 17.8. The molecule has 2 aromatic rings. The Morgan fingerprint density at radius 3 is 2.69 bits per heavy atom. The van der Waals surface area contributed by atoms with Crippen molar-refractivity contribution >= 4 is 11.7 Å². The van der Waals surface area contributed by atoms with Crippen molar-refractivity contribution in [2.75, 3.05) is 25.0 Å². The van der Waals surface area contributed by atoms with Crippen LogP contribution >= 0.6 is 0 Å². The van der Waals surface area contributed by atoms with Crippen molar-refractivity contribution < 1.29 is 27.4 Å². The molecule has 0 radical (unpaired) electrons. The number of nitrogens with one attached hydrogen (secondary N) is 1. The normalized spacial score (nSPS) is 14.5. The summed E-state index contributed by atoms with van der Waals surface area (Å²) in [5.41, 5.74) is 0.610. The van der Waals surface area contributed by atoms with Crippen molar-refractivity contribution in [3.8, 4) is 11.5 Å². The van der Waals surface area contributed by atoms with Gasteiger partial charge in [-0.2, -0.15) is 0 Å². The van der Waals surface area contributed by atoms with E-state index in [0.717, 1.165) is 0 Å². The number of rotatable bonds is 5. The average Bonchev–Trinajstić information content (AvgIpc) is 2.53. The van der Waals surface area contributed by atoms with Crippen LogP contribution in [0.1, 0.15) is 0 Å². The van der Waals surface area contributed by atoms with Gasteiger partial charge in [0.1, 0.15) is 11.5 Å². The number of halogens is 3. The maximum atomic E-state index is 12.2. The minimum absolute atomic E-state index is 0.113. The third-order valence-corrected chi connectivity index (χ3v) is 3.68. The lowest BCUT2D eigenvalue weighted by Gasteiger charge is -2.38. The highest BCUT2D eigenvalue weighted by atomic mass is 19.4. The molecule has 1 fully saturated rings. The van der Waals surface area contributed by atoms with Gasteiger partial charge in [0.15, 0.2) is 0 Å². The van der Waals surface area contributed by atoms with E-state index >= 15 is 0 Å². The van der Waals surface area contributed by atoms with Crippen LogP contribution in [0.4, 0.5) is 23.7 Å². The quantitative estimate of drug-likeness (QED) is 0.878. The van der Waals surface area contributed by atoms with Gasteiger partial charge in [0, 0.05) is 31.3 Å². The summed E-state index contributed by atoms with van der Waals surface area (Å²) in [5, 5.41) is 2.73. The first-order valence-corrected chi connectivity index (χ1v) is 7.83. The Morgan fingerprint density at radius 1 is 1.23 bits per heavy atom. The highest BCUT2D eigenvalue weighted by Gasteiger charge is 2.32. The molecule has 2 heterocycles. The van der Waals surface area contributed by atoms with E-state index in [1.54, 1.807) is 35.5 Å². The van der Waals surface area contributed by atoms with Gasteiger partial charge in [-0.15, -0.1) is 13.2 Å². The smallest absolute Gasteiger partial charge is 0.493 e. The molecule has 0 atom stereocenters. The summed E-state index contributed by atoms with van der Waals surface area (Å²) in [7, 11) is 0. The number of hydrogen-bond acceptors (Lipinski definition) is 4. The second-order valence-electron chi connectivity index (χ2n) is 5.78. The van der Waals surface area contributed by atoms with E-state index in [1.165, 1.54) is 18.2 Å². The number of likely N-dealkylation sites (tertiary alicyclic amines) is 1. The molecule has 0 spiro atoms. The molecule has 2 amide bonds. The number of ether oxygens (including phenoxy) is 2. The van der Waals surface area contributed by atoms with Crippen LogP contribution in [0.3, 0.4) is 0 Å². The van der Waals surface area contributed by atoms with E-state index in [2.05, 4.69) is 15.0 Å². The van der Waals surface area contributed by atoms with Crippen LogP contribution in [0.15, 0.2) is 48.8 Å². The molecule has 1 aromatic carbocycles. The van der Waals surface area contributed by atoms with Crippen LogP contribution in [0, 0.1) is 5.92 Å². The SMILES string of the molecule is O=C(Nc1cccnc1)N1CC(COc2cccc(OC(F)(F)F)c2)C1. The Bertz CT molecular complexity index is 750. The van der Waals surface area contributed by atoms with E-state index in [4.69, 9.17) is 4.74 Å². The highest BCUT2D eigenvalue weighted by Crippen LogP contribution is 2.27. The third-order valence-electron chi connectivity index (χ3n) is 3.68. The Balaban J connectivity index is 1.42. The molecule has 6 nitrogen and oxygen atoms in total. The van der Waals surface area contributed by atoms with Gasteiger partial charge in [-0.25, -0.2) is 4.79 Å². The largest absolute Gasteiger partial charge is 0.573 e. The summed E-state index contributed by atoms with van der Waals surface area (Å²) in [4.78, 5) is 17.5. The lowest BCUT2D eigenvalue weighted by Crippen LogP contribution is -2.53. The first-order valence-electron chi connectivity index (χ1n) is 7.83. The molecule has 1 N–H and O–H groups in total. The Labute approximate surface area is 147 Å². The van der Waals surface area contributed by atoms with Crippen molar-refractivity contribution in [1.82, 2.24) is 9.88 Å². The molecule has 3 rings (SSSR count). The third kappa shape index (κ3) is 5.01. The van der Waals surface area contributed by atoms with E-state index < -0.39 is 6.36 Å². The predicted molar refractivity (Wildman–Crippen MR) is 86.9 cm³/mol. The van der Waals surface area contributed by atoms with Gasteiger partial charge in [-0.3, -0.25) is 4.98 Å². The summed E-state index contributed by atoms with van der Waals surface area (Å²) in [6.07, 6.45) is -1.58. The lowest BCUT2D eigenvalue weighted by atomic mass is 10.0. The van der Waals surface area contributed by atoms with Gasteiger partial charge in [0.2, 0.25) is 0 Å². The molecular formula is C17H16F3N3O3. The molecular weight excluding hydrogens is 351 g/mol. The number of amides is 2. The second kappa shape index (κ2) is 7.51. The molecule has 138 valence electrons. The minimum atomic E-state index is -4.74. The van der Waals surface area contributed by atoms with Gasteiger partial charge in [0.05, 0.1) is 18.5 Å². The Morgan fingerprint density at radius 2 is 2.00 bits per heavy atom. The van der Waals surface area contributed by atoms with Crippen LogP contribution in [0.2, 0.25) is 0 Å². The minimum Gasteiger partial charge on any atom is -0.493 e. The fourth-order valence-electron chi connectivity index (χ4n) is 2.46. The second-order valence-corrected chi connectivity index (χ2v) is 5.78. The molecule has 0 aliphatic carbocycles.